The molecule has 2 heterocycles. The third kappa shape index (κ3) is 3.93. The molecule has 2 N–H and O–H groups in total. The highest BCUT2D eigenvalue weighted by Gasteiger charge is 2.04. The molecule has 0 aliphatic carbocycles. The summed E-state index contributed by atoms with van der Waals surface area (Å²) < 4.78 is 2.10. The molecular formula is C19H23N5. The molecule has 3 aromatic rings. The number of fused-ring (bicyclic) bond motifs is 1. The van der Waals surface area contributed by atoms with Crippen LogP contribution in [0.3, 0.4) is 0 Å². The number of imidazole rings is 1. The van der Waals surface area contributed by atoms with E-state index in [9.17, 15) is 0 Å². The third-order valence-corrected chi connectivity index (χ3v) is 3.96. The van der Waals surface area contributed by atoms with Crippen molar-refractivity contribution >= 4 is 11.6 Å². The number of aromatic nitrogens is 2. The van der Waals surface area contributed by atoms with Gasteiger partial charge in [-0.25, -0.2) is 4.98 Å². The standard InChI is InChI=1S/C19H23N5/c1-15-7-6-10-18-23-17(14-24(15)18)13-22-19(20-2)21-12-11-16-8-4-3-5-9-16/h3-10,14H,11-13H2,1-2H3,(H2,20,21,22). The number of nitrogens with one attached hydrogen (secondary N) is 2. The number of guanidine groups is 1. The smallest absolute Gasteiger partial charge is 0.191 e. The van der Waals surface area contributed by atoms with Gasteiger partial charge < -0.3 is 15.0 Å². The number of nitrogens with zero attached hydrogens (tertiary/aromatic N) is 3. The quantitative estimate of drug-likeness (QED) is 0.561. The molecule has 124 valence electrons. The van der Waals surface area contributed by atoms with Crippen molar-refractivity contribution in [3.63, 3.8) is 0 Å². The maximum atomic E-state index is 4.63. The number of benzene rings is 1. The average Bonchev–Trinajstić information content (AvgIpc) is 3.03. The van der Waals surface area contributed by atoms with Crippen molar-refractivity contribution in [2.75, 3.05) is 13.6 Å². The summed E-state index contributed by atoms with van der Waals surface area (Å²) in [6.07, 6.45) is 3.03. The molecule has 0 saturated carbocycles. The Labute approximate surface area is 142 Å². The molecular weight excluding hydrogens is 298 g/mol. The molecule has 0 aliphatic heterocycles. The van der Waals surface area contributed by atoms with Gasteiger partial charge in [0.05, 0.1) is 12.2 Å². The lowest BCUT2D eigenvalue weighted by molar-refractivity contribution is 0.786. The fraction of sp³-hybridized carbons (Fsp3) is 0.263. The highest BCUT2D eigenvalue weighted by Crippen LogP contribution is 2.08. The van der Waals surface area contributed by atoms with Gasteiger partial charge in [-0.2, -0.15) is 0 Å². The van der Waals surface area contributed by atoms with Gasteiger partial charge in [0.15, 0.2) is 5.96 Å². The zero-order valence-electron chi connectivity index (χ0n) is 14.2. The van der Waals surface area contributed by atoms with Gasteiger partial charge in [-0.3, -0.25) is 4.99 Å². The molecule has 5 nitrogen and oxygen atoms in total. The van der Waals surface area contributed by atoms with Gasteiger partial charge in [0.25, 0.3) is 0 Å². The number of rotatable bonds is 5. The van der Waals surface area contributed by atoms with E-state index in [1.807, 2.05) is 18.2 Å². The Hall–Kier alpha value is -2.82. The first-order valence-corrected chi connectivity index (χ1v) is 8.18. The molecule has 2 aromatic heterocycles. The number of hydrogen-bond acceptors (Lipinski definition) is 2. The first-order chi connectivity index (χ1) is 11.8. The Morgan fingerprint density at radius 3 is 2.67 bits per heavy atom. The Morgan fingerprint density at radius 1 is 1.08 bits per heavy atom. The van der Waals surface area contributed by atoms with E-state index >= 15 is 0 Å². The maximum Gasteiger partial charge on any atom is 0.191 e. The Morgan fingerprint density at radius 2 is 1.92 bits per heavy atom. The van der Waals surface area contributed by atoms with E-state index < -0.39 is 0 Å². The lowest BCUT2D eigenvalue weighted by Gasteiger charge is -2.10. The SMILES string of the molecule is CN=C(NCCc1ccccc1)NCc1cn2c(C)cccc2n1. The number of aryl methyl sites for hydroxylation is 1. The number of pyridine rings is 1. The van der Waals surface area contributed by atoms with Crippen LogP contribution in [0.25, 0.3) is 5.65 Å². The fourth-order valence-corrected chi connectivity index (χ4v) is 2.65. The molecule has 5 heteroatoms. The van der Waals surface area contributed by atoms with Crippen molar-refractivity contribution in [2.24, 2.45) is 4.99 Å². The summed E-state index contributed by atoms with van der Waals surface area (Å²) in [4.78, 5) is 8.89. The van der Waals surface area contributed by atoms with Gasteiger partial charge in [-0.05, 0) is 31.0 Å². The van der Waals surface area contributed by atoms with Crippen LogP contribution in [0.15, 0.2) is 59.7 Å². The maximum absolute atomic E-state index is 4.63. The second-order valence-corrected chi connectivity index (χ2v) is 5.72. The Bertz CT molecular complexity index is 820. The Balaban J connectivity index is 1.52. The second kappa shape index (κ2) is 7.64. The van der Waals surface area contributed by atoms with Crippen molar-refractivity contribution in [3.05, 3.63) is 71.7 Å². The summed E-state index contributed by atoms with van der Waals surface area (Å²) in [5.74, 6) is 0.791. The van der Waals surface area contributed by atoms with E-state index in [4.69, 9.17) is 0 Å². The van der Waals surface area contributed by atoms with Gasteiger partial charge >= 0.3 is 0 Å². The Kier molecular flexibility index (Phi) is 5.11. The molecule has 0 amide bonds. The minimum atomic E-state index is 0.645. The van der Waals surface area contributed by atoms with Crippen LogP contribution < -0.4 is 10.6 Å². The van der Waals surface area contributed by atoms with Crippen molar-refractivity contribution in [1.82, 2.24) is 20.0 Å². The van der Waals surface area contributed by atoms with Crippen molar-refractivity contribution < 1.29 is 0 Å². The lowest BCUT2D eigenvalue weighted by atomic mass is 10.1. The number of hydrogen-bond donors (Lipinski definition) is 2. The summed E-state index contributed by atoms with van der Waals surface area (Å²) in [7, 11) is 1.78. The van der Waals surface area contributed by atoms with E-state index in [2.05, 4.69) is 68.5 Å². The summed E-state index contributed by atoms with van der Waals surface area (Å²) in [6, 6.07) is 16.6. The summed E-state index contributed by atoms with van der Waals surface area (Å²) in [6.45, 7) is 3.57. The highest BCUT2D eigenvalue weighted by atomic mass is 15.2. The molecule has 0 saturated heterocycles. The van der Waals surface area contributed by atoms with Gasteiger partial charge in [0, 0.05) is 25.5 Å². The van der Waals surface area contributed by atoms with Crippen LogP contribution in [0.5, 0.6) is 0 Å². The van der Waals surface area contributed by atoms with Gasteiger partial charge in [-0.15, -0.1) is 0 Å². The fourth-order valence-electron chi connectivity index (χ4n) is 2.65. The van der Waals surface area contributed by atoms with E-state index in [1.165, 1.54) is 11.3 Å². The zero-order valence-corrected chi connectivity index (χ0v) is 14.2. The van der Waals surface area contributed by atoms with E-state index in [-0.39, 0.29) is 0 Å². The van der Waals surface area contributed by atoms with Crippen LogP contribution in [0, 0.1) is 6.92 Å². The molecule has 0 fully saturated rings. The van der Waals surface area contributed by atoms with Gasteiger partial charge in [-0.1, -0.05) is 36.4 Å². The zero-order chi connectivity index (χ0) is 16.8. The van der Waals surface area contributed by atoms with Crippen LogP contribution >= 0.6 is 0 Å². The minimum absolute atomic E-state index is 0.645. The lowest BCUT2D eigenvalue weighted by Crippen LogP contribution is -2.37. The van der Waals surface area contributed by atoms with E-state index in [0.717, 1.165) is 30.3 Å². The van der Waals surface area contributed by atoms with Crippen molar-refractivity contribution in [1.29, 1.82) is 0 Å². The van der Waals surface area contributed by atoms with Crippen molar-refractivity contribution in [2.45, 2.75) is 19.9 Å². The predicted octanol–water partition coefficient (Wildman–Crippen LogP) is 2.55. The molecule has 0 radical (unpaired) electrons. The monoisotopic (exact) mass is 321 g/mol. The minimum Gasteiger partial charge on any atom is -0.356 e. The van der Waals surface area contributed by atoms with Crippen LogP contribution in [-0.4, -0.2) is 28.9 Å². The van der Waals surface area contributed by atoms with Crippen LogP contribution in [0.1, 0.15) is 17.0 Å². The van der Waals surface area contributed by atoms with Gasteiger partial charge in [0.1, 0.15) is 5.65 Å². The average molecular weight is 321 g/mol. The van der Waals surface area contributed by atoms with Crippen LogP contribution in [0.2, 0.25) is 0 Å². The van der Waals surface area contributed by atoms with E-state index in [1.54, 1.807) is 7.05 Å². The molecule has 24 heavy (non-hydrogen) atoms. The van der Waals surface area contributed by atoms with Gasteiger partial charge in [0.2, 0.25) is 0 Å². The molecule has 0 bridgehead atoms. The first-order valence-electron chi connectivity index (χ1n) is 8.18. The third-order valence-electron chi connectivity index (χ3n) is 3.96. The largest absolute Gasteiger partial charge is 0.356 e. The molecule has 0 atom stereocenters. The second-order valence-electron chi connectivity index (χ2n) is 5.72. The normalized spacial score (nSPS) is 11.7. The topological polar surface area (TPSA) is 53.7 Å². The summed E-state index contributed by atoms with van der Waals surface area (Å²) in [5, 5.41) is 6.65. The number of aliphatic imine (C=N–C) groups is 1. The van der Waals surface area contributed by atoms with Crippen molar-refractivity contribution in [3.8, 4) is 0 Å². The molecule has 0 unspecified atom stereocenters. The predicted molar refractivity (Wildman–Crippen MR) is 98.3 cm³/mol. The first kappa shape index (κ1) is 16.1. The molecule has 3 rings (SSSR count). The van der Waals surface area contributed by atoms with Crippen LogP contribution in [0.4, 0.5) is 0 Å². The van der Waals surface area contributed by atoms with E-state index in [0.29, 0.717) is 6.54 Å². The summed E-state index contributed by atoms with van der Waals surface area (Å²) in [5.41, 5.74) is 4.46. The van der Waals surface area contributed by atoms with Crippen LogP contribution in [-0.2, 0) is 13.0 Å². The molecule has 0 spiro atoms. The molecule has 1 aromatic carbocycles. The molecule has 0 aliphatic rings. The summed E-state index contributed by atoms with van der Waals surface area (Å²) >= 11 is 0. The highest BCUT2D eigenvalue weighted by molar-refractivity contribution is 5.79.